The third-order valence-electron chi connectivity index (χ3n) is 7.94. The Labute approximate surface area is 249 Å². The number of hydrogen-bond donors (Lipinski definition) is 7. The number of carbonyl (C=O) groups is 2. The zero-order chi connectivity index (χ0) is 32.1. The second-order valence-corrected chi connectivity index (χ2v) is 11.3. The van der Waals surface area contributed by atoms with Crippen molar-refractivity contribution in [1.82, 2.24) is 0 Å². The molecule has 0 aromatic rings. The van der Waals surface area contributed by atoms with Crippen LogP contribution in [0.3, 0.4) is 0 Å². The summed E-state index contributed by atoms with van der Waals surface area (Å²) in [7, 11) is 1.10. The molecule has 3 aliphatic heterocycles. The highest BCUT2D eigenvalue weighted by Crippen LogP contribution is 2.41. The average Bonchev–Trinajstić information content (AvgIpc) is 2.95. The number of methoxy groups -OCH3 is 1. The number of hydrogen-bond acceptors (Lipinski definition) is 14. The van der Waals surface area contributed by atoms with Crippen LogP contribution in [0.15, 0.2) is 36.6 Å². The molecule has 0 bridgehead atoms. The first-order chi connectivity index (χ1) is 20.2. The number of likely N-dealkylation sites (tertiary alicyclic amines) is 1. The van der Waals surface area contributed by atoms with Gasteiger partial charge in [0.15, 0.2) is 12.4 Å². The maximum atomic E-state index is 12.7. The molecule has 2 saturated heterocycles. The van der Waals surface area contributed by atoms with E-state index in [1.54, 1.807) is 19.9 Å². The van der Waals surface area contributed by atoms with E-state index in [0.717, 1.165) is 18.3 Å². The summed E-state index contributed by atoms with van der Waals surface area (Å²) >= 11 is 0. The minimum atomic E-state index is -2.93. The topological polar surface area (TPSA) is 229 Å². The van der Waals surface area contributed by atoms with Crippen molar-refractivity contribution in [2.45, 2.75) is 68.7 Å². The van der Waals surface area contributed by atoms with Crippen LogP contribution in [0.1, 0.15) is 20.3 Å². The van der Waals surface area contributed by atoms with Crippen LogP contribution in [0, 0.1) is 17.8 Å². The van der Waals surface area contributed by atoms with Crippen molar-refractivity contribution >= 4 is 11.9 Å². The molecule has 15 heteroatoms. The van der Waals surface area contributed by atoms with Crippen LogP contribution in [0.25, 0.3) is 0 Å². The molecule has 15 nitrogen and oxygen atoms in total. The van der Waals surface area contributed by atoms with E-state index >= 15 is 0 Å². The minimum absolute atomic E-state index is 0.151. The monoisotopic (exact) mass is 617 g/mol. The molecule has 43 heavy (non-hydrogen) atoms. The molecule has 10 atom stereocenters. The van der Waals surface area contributed by atoms with Crippen LogP contribution >= 0.6 is 0 Å². The molecule has 0 radical (unpaired) electrons. The maximum absolute atomic E-state index is 12.7. The summed E-state index contributed by atoms with van der Waals surface area (Å²) in [4.78, 5) is 25.2. The molecule has 244 valence electrons. The molecule has 2 fully saturated rings. The first-order valence-electron chi connectivity index (χ1n) is 14.1. The Morgan fingerprint density at radius 3 is 2.49 bits per heavy atom. The van der Waals surface area contributed by atoms with Crippen molar-refractivity contribution in [2.24, 2.45) is 17.8 Å². The van der Waals surface area contributed by atoms with Gasteiger partial charge in [-0.25, -0.2) is 4.79 Å². The van der Waals surface area contributed by atoms with Gasteiger partial charge in [-0.05, 0) is 20.3 Å². The van der Waals surface area contributed by atoms with Gasteiger partial charge in [0.25, 0.3) is 0 Å². The number of carboxylic acids is 1. The number of nitrogens with one attached hydrogen (secondary N) is 1. The van der Waals surface area contributed by atoms with Gasteiger partial charge in [0, 0.05) is 11.8 Å². The fraction of sp³-hybridized carbons (Fsp3) is 0.714. The third kappa shape index (κ3) is 7.62. The van der Waals surface area contributed by atoms with Gasteiger partial charge in [0.05, 0.1) is 51.4 Å². The minimum Gasteiger partial charge on any atom is -0.550 e. The third-order valence-corrected chi connectivity index (χ3v) is 7.94. The van der Waals surface area contributed by atoms with Gasteiger partial charge in [-0.2, -0.15) is 0 Å². The quantitative estimate of drug-likeness (QED) is 0.0621. The smallest absolute Gasteiger partial charge is 0.340 e. The van der Waals surface area contributed by atoms with E-state index in [2.05, 4.69) is 6.58 Å². The van der Waals surface area contributed by atoms with Gasteiger partial charge in [0.2, 0.25) is 12.1 Å². The van der Waals surface area contributed by atoms with E-state index in [1.165, 1.54) is 12.2 Å². The van der Waals surface area contributed by atoms with E-state index in [4.69, 9.17) is 23.7 Å². The van der Waals surface area contributed by atoms with E-state index in [0.29, 0.717) is 13.1 Å². The van der Waals surface area contributed by atoms with Crippen LogP contribution in [-0.4, -0.2) is 131 Å². The standard InChI is InChI=1S/C28H43NO14/c1-5-18-25(43-26-22(41-15(2)3)28(37,38)21(32)20(13-31)42-26)40-14-19(24(35)39-4)27(18,36)7-6-16-10-17(23(33)34)12-29(11-16)8-9-30/h5-7,14-18,20-22,25-26,30-32,36-38H,1,8-13H2,2-4H3,(H,33,34)/t16?,17?,18-,20+,21+,22+,25+,26-,27+/m0/s1. The summed E-state index contributed by atoms with van der Waals surface area (Å²) < 4.78 is 27.6. The van der Waals surface area contributed by atoms with Gasteiger partial charge >= 0.3 is 5.97 Å². The van der Waals surface area contributed by atoms with Crippen molar-refractivity contribution < 1.29 is 73.9 Å². The van der Waals surface area contributed by atoms with Crippen LogP contribution in [0.5, 0.6) is 0 Å². The summed E-state index contributed by atoms with van der Waals surface area (Å²) in [5.41, 5.74) is -2.51. The SMILES string of the molecule is C=C[C@H]1[C@@H](O[C@@H]2O[C@H](CO)[C@@H](O)C(O)(O)[C@@H]2OC(C)C)OC=C(C(=O)OC)[C@@]1(O)C=CC1CC(C(=O)[O-])C[NH+](CCO)C1. The molecule has 3 heterocycles. The van der Waals surface area contributed by atoms with Crippen LogP contribution in [0.2, 0.25) is 0 Å². The van der Waals surface area contributed by atoms with Crippen LogP contribution < -0.4 is 10.0 Å². The molecule has 3 rings (SSSR count). The Hall–Kier alpha value is -2.44. The number of carbonyl (C=O) groups excluding carboxylic acids is 2. The van der Waals surface area contributed by atoms with Crippen molar-refractivity contribution in [3.05, 3.63) is 36.6 Å². The van der Waals surface area contributed by atoms with Gasteiger partial charge in [-0.3, -0.25) is 0 Å². The lowest BCUT2D eigenvalue weighted by Gasteiger charge is -2.48. The lowest BCUT2D eigenvalue weighted by Crippen LogP contribution is -3.15. The highest BCUT2D eigenvalue weighted by atomic mass is 16.8. The zero-order valence-electron chi connectivity index (χ0n) is 24.4. The number of piperidine rings is 1. The predicted molar refractivity (Wildman–Crippen MR) is 142 cm³/mol. The number of esters is 1. The second kappa shape index (κ2) is 14.6. The number of quaternary nitrogens is 1. The Morgan fingerprint density at radius 1 is 1.23 bits per heavy atom. The maximum Gasteiger partial charge on any atom is 0.340 e. The summed E-state index contributed by atoms with van der Waals surface area (Å²) in [6, 6.07) is 0. The lowest BCUT2D eigenvalue weighted by atomic mass is 9.77. The van der Waals surface area contributed by atoms with Gasteiger partial charge in [0.1, 0.15) is 36.2 Å². The van der Waals surface area contributed by atoms with E-state index in [9.17, 15) is 45.3 Å². The predicted octanol–water partition coefficient (Wildman–Crippen LogP) is -4.68. The van der Waals surface area contributed by atoms with Gasteiger partial charge < -0.3 is 69.1 Å². The zero-order valence-corrected chi connectivity index (χ0v) is 24.4. The Balaban J connectivity index is 1.97. The first-order valence-corrected chi connectivity index (χ1v) is 14.1. The van der Waals surface area contributed by atoms with E-state index in [1.807, 2.05) is 0 Å². The summed E-state index contributed by atoms with van der Waals surface area (Å²) in [6.07, 6.45) is -3.72. The van der Waals surface area contributed by atoms with Crippen molar-refractivity contribution in [2.75, 3.05) is 40.0 Å². The van der Waals surface area contributed by atoms with Crippen molar-refractivity contribution in [3.63, 3.8) is 0 Å². The molecule has 0 aromatic heterocycles. The molecule has 0 amide bonds. The van der Waals surface area contributed by atoms with Crippen LogP contribution in [-0.2, 0) is 33.3 Å². The van der Waals surface area contributed by atoms with Crippen molar-refractivity contribution in [1.29, 1.82) is 0 Å². The number of ether oxygens (including phenoxy) is 5. The summed E-state index contributed by atoms with van der Waals surface area (Å²) in [6.45, 7) is 6.99. The Kier molecular flexibility index (Phi) is 11.9. The normalized spacial score (nSPS) is 37.9. The lowest BCUT2D eigenvalue weighted by molar-refractivity contribution is -0.911. The number of aliphatic carboxylic acids is 1. The Morgan fingerprint density at radius 2 is 1.93 bits per heavy atom. The summed E-state index contributed by atoms with van der Waals surface area (Å²) in [5, 5.41) is 74.6. The van der Waals surface area contributed by atoms with E-state index < -0.39 is 84.7 Å². The second-order valence-electron chi connectivity index (χ2n) is 11.3. The molecule has 0 aliphatic carbocycles. The molecule has 3 unspecified atom stereocenters. The molecular formula is C28H43NO14. The van der Waals surface area contributed by atoms with Gasteiger partial charge in [-0.1, -0.05) is 18.2 Å². The van der Waals surface area contributed by atoms with Gasteiger partial charge in [-0.15, -0.1) is 6.58 Å². The number of aliphatic hydroxyl groups excluding tert-OH is 3. The first kappa shape index (κ1) is 35.0. The molecule has 7 N–H and O–H groups in total. The molecule has 3 aliphatic rings. The van der Waals surface area contributed by atoms with Crippen molar-refractivity contribution in [3.8, 4) is 0 Å². The highest BCUT2D eigenvalue weighted by molar-refractivity contribution is 5.91. The highest BCUT2D eigenvalue weighted by Gasteiger charge is 2.58. The average molecular weight is 618 g/mol. The fourth-order valence-corrected chi connectivity index (χ4v) is 5.73. The summed E-state index contributed by atoms with van der Waals surface area (Å²) in [5.74, 6) is -7.56. The fourth-order valence-electron chi connectivity index (χ4n) is 5.73. The number of aliphatic hydroxyl groups is 6. The molecule has 0 spiro atoms. The van der Waals surface area contributed by atoms with E-state index in [-0.39, 0.29) is 25.1 Å². The molecule has 0 aromatic carbocycles. The number of carboxylic acid groups (broad SMARTS) is 1. The van der Waals surface area contributed by atoms with Crippen LogP contribution in [0.4, 0.5) is 0 Å². The molecule has 0 saturated carbocycles. The molecular weight excluding hydrogens is 574 g/mol. The Bertz CT molecular complexity index is 1050. The largest absolute Gasteiger partial charge is 0.550 e. The number of rotatable bonds is 12.